The number of para-hydroxylation sites is 1. The third-order valence-corrected chi connectivity index (χ3v) is 3.32. The van der Waals surface area contributed by atoms with Crippen LogP contribution in [0.2, 0.25) is 0 Å². The quantitative estimate of drug-likeness (QED) is 0.683. The fourth-order valence-corrected chi connectivity index (χ4v) is 2.22. The monoisotopic (exact) mass is 318 g/mol. The number of benzene rings is 1. The second-order valence-corrected chi connectivity index (χ2v) is 5.05. The first-order valence-corrected chi connectivity index (χ1v) is 7.27. The van der Waals surface area contributed by atoms with Gasteiger partial charge in [0.15, 0.2) is 0 Å². The number of carbonyl (C=O) groups excluding carboxylic acids is 2. The summed E-state index contributed by atoms with van der Waals surface area (Å²) < 4.78 is 5.44. The lowest BCUT2D eigenvalue weighted by atomic mass is 10.1. The van der Waals surface area contributed by atoms with Crippen molar-refractivity contribution in [3.05, 3.63) is 42.0 Å². The minimum absolute atomic E-state index is 0.0270. The normalized spacial score (nSPS) is 17.1. The molecule has 0 unspecified atom stereocenters. The maximum atomic E-state index is 12.2. The van der Waals surface area contributed by atoms with E-state index in [0.717, 1.165) is 25.0 Å². The number of anilines is 1. The van der Waals surface area contributed by atoms with E-state index in [4.69, 9.17) is 9.84 Å². The zero-order valence-corrected chi connectivity index (χ0v) is 12.5. The topological polar surface area (TPSA) is 105 Å². The average Bonchev–Trinajstić information content (AvgIpc) is 3.04. The molecular weight excluding hydrogens is 300 g/mol. The molecule has 1 aromatic rings. The van der Waals surface area contributed by atoms with Gasteiger partial charge in [0.25, 0.3) is 5.91 Å². The van der Waals surface area contributed by atoms with Crippen LogP contribution >= 0.6 is 0 Å². The van der Waals surface area contributed by atoms with Crippen molar-refractivity contribution in [1.82, 2.24) is 5.32 Å². The summed E-state index contributed by atoms with van der Waals surface area (Å²) in [7, 11) is 0. The lowest BCUT2D eigenvalue weighted by molar-refractivity contribution is -0.131. The van der Waals surface area contributed by atoms with Crippen molar-refractivity contribution < 1.29 is 24.2 Å². The van der Waals surface area contributed by atoms with Crippen molar-refractivity contribution in [3.8, 4) is 0 Å². The molecule has 1 aromatic carbocycles. The highest BCUT2D eigenvalue weighted by Gasteiger charge is 2.18. The smallest absolute Gasteiger partial charge is 0.328 e. The van der Waals surface area contributed by atoms with Crippen LogP contribution in [-0.4, -0.2) is 42.1 Å². The third-order valence-electron chi connectivity index (χ3n) is 3.32. The largest absolute Gasteiger partial charge is 0.478 e. The van der Waals surface area contributed by atoms with Gasteiger partial charge in [-0.1, -0.05) is 12.1 Å². The van der Waals surface area contributed by atoms with Crippen LogP contribution in [0.5, 0.6) is 0 Å². The van der Waals surface area contributed by atoms with Gasteiger partial charge in [0, 0.05) is 25.3 Å². The molecule has 2 rings (SSSR count). The third kappa shape index (κ3) is 5.23. The summed E-state index contributed by atoms with van der Waals surface area (Å²) in [6.45, 7) is 1.13. The second kappa shape index (κ2) is 8.09. The summed E-state index contributed by atoms with van der Waals surface area (Å²) in [5, 5.41) is 13.8. The predicted molar refractivity (Wildman–Crippen MR) is 83.2 cm³/mol. The average molecular weight is 318 g/mol. The Bertz CT molecular complexity index is 621. The van der Waals surface area contributed by atoms with Crippen LogP contribution in [0, 0.1) is 0 Å². The van der Waals surface area contributed by atoms with E-state index in [-0.39, 0.29) is 12.0 Å². The Morgan fingerprint density at radius 3 is 2.74 bits per heavy atom. The molecule has 1 heterocycles. The number of nitrogens with one attached hydrogen (secondary N) is 2. The van der Waals surface area contributed by atoms with Crippen LogP contribution in [0.25, 0.3) is 0 Å². The summed E-state index contributed by atoms with van der Waals surface area (Å²) in [6.07, 6.45) is 3.56. The number of carboxylic acids is 1. The predicted octanol–water partition coefficient (Wildman–Crippen LogP) is 1.17. The van der Waals surface area contributed by atoms with Crippen LogP contribution in [0.15, 0.2) is 36.4 Å². The second-order valence-electron chi connectivity index (χ2n) is 5.05. The summed E-state index contributed by atoms with van der Waals surface area (Å²) >= 11 is 0. The molecule has 122 valence electrons. The van der Waals surface area contributed by atoms with Crippen molar-refractivity contribution in [2.45, 2.75) is 18.9 Å². The molecule has 1 atom stereocenters. The first-order valence-electron chi connectivity index (χ1n) is 7.27. The molecule has 2 amide bonds. The zero-order chi connectivity index (χ0) is 16.7. The number of amides is 2. The van der Waals surface area contributed by atoms with Gasteiger partial charge in [0.1, 0.15) is 0 Å². The van der Waals surface area contributed by atoms with Gasteiger partial charge >= 0.3 is 5.97 Å². The molecule has 1 aliphatic heterocycles. The van der Waals surface area contributed by atoms with E-state index in [1.165, 1.54) is 0 Å². The Labute approximate surface area is 133 Å². The Hall–Kier alpha value is -2.67. The van der Waals surface area contributed by atoms with Crippen molar-refractivity contribution >= 4 is 23.5 Å². The van der Waals surface area contributed by atoms with Gasteiger partial charge in [-0.2, -0.15) is 0 Å². The lowest BCUT2D eigenvalue weighted by Crippen LogP contribution is -2.32. The molecule has 7 heteroatoms. The summed E-state index contributed by atoms with van der Waals surface area (Å²) in [5.74, 6) is -2.16. The highest BCUT2D eigenvalue weighted by Crippen LogP contribution is 2.16. The van der Waals surface area contributed by atoms with Crippen molar-refractivity contribution in [2.24, 2.45) is 0 Å². The van der Waals surface area contributed by atoms with Gasteiger partial charge in [-0.15, -0.1) is 0 Å². The molecule has 0 radical (unpaired) electrons. The Kier molecular flexibility index (Phi) is 5.87. The van der Waals surface area contributed by atoms with Gasteiger partial charge in [-0.25, -0.2) is 4.79 Å². The van der Waals surface area contributed by atoms with E-state index in [1.807, 2.05) is 0 Å². The number of rotatable bonds is 6. The fourth-order valence-electron chi connectivity index (χ4n) is 2.22. The Balaban J connectivity index is 1.99. The van der Waals surface area contributed by atoms with E-state index >= 15 is 0 Å². The highest BCUT2D eigenvalue weighted by atomic mass is 16.5. The van der Waals surface area contributed by atoms with Crippen LogP contribution in [0.4, 0.5) is 5.69 Å². The van der Waals surface area contributed by atoms with Crippen molar-refractivity contribution in [3.63, 3.8) is 0 Å². The number of carbonyl (C=O) groups is 3. The van der Waals surface area contributed by atoms with Crippen LogP contribution in [0.3, 0.4) is 0 Å². The first kappa shape index (κ1) is 16.7. The summed E-state index contributed by atoms with van der Waals surface area (Å²) in [6, 6.07) is 6.52. The van der Waals surface area contributed by atoms with Gasteiger partial charge in [0.05, 0.1) is 17.4 Å². The SMILES string of the molecule is O=C(O)/C=C/C(=O)Nc1ccccc1C(=O)NC[C@@H]1CCCO1. The Morgan fingerprint density at radius 1 is 1.26 bits per heavy atom. The zero-order valence-electron chi connectivity index (χ0n) is 12.5. The highest BCUT2D eigenvalue weighted by molar-refractivity contribution is 6.07. The molecule has 0 aromatic heterocycles. The summed E-state index contributed by atoms with van der Waals surface area (Å²) in [4.78, 5) is 34.3. The molecule has 0 aliphatic carbocycles. The van der Waals surface area contributed by atoms with E-state index in [1.54, 1.807) is 24.3 Å². The number of carboxylic acid groups (broad SMARTS) is 1. The van der Waals surface area contributed by atoms with E-state index in [9.17, 15) is 14.4 Å². The molecule has 23 heavy (non-hydrogen) atoms. The number of ether oxygens (including phenoxy) is 1. The van der Waals surface area contributed by atoms with Crippen LogP contribution in [0.1, 0.15) is 23.2 Å². The molecule has 0 spiro atoms. The Morgan fingerprint density at radius 2 is 2.04 bits per heavy atom. The van der Waals surface area contributed by atoms with Gasteiger partial charge in [-0.3, -0.25) is 9.59 Å². The molecule has 3 N–H and O–H groups in total. The minimum Gasteiger partial charge on any atom is -0.478 e. The molecule has 1 aliphatic rings. The summed E-state index contributed by atoms with van der Waals surface area (Å²) in [5.41, 5.74) is 0.625. The van der Waals surface area contributed by atoms with Crippen molar-refractivity contribution in [2.75, 3.05) is 18.5 Å². The van der Waals surface area contributed by atoms with Crippen molar-refractivity contribution in [1.29, 1.82) is 0 Å². The molecule has 1 saturated heterocycles. The molecular formula is C16H18N2O5. The molecule has 0 bridgehead atoms. The van der Waals surface area contributed by atoms with Gasteiger partial charge in [-0.05, 0) is 25.0 Å². The van der Waals surface area contributed by atoms with E-state index in [2.05, 4.69) is 10.6 Å². The standard InChI is InChI=1S/C16H18N2O5/c19-14(7-8-15(20)21)18-13-6-2-1-5-12(13)16(22)17-10-11-4-3-9-23-11/h1-2,5-8,11H,3-4,9-10H2,(H,17,22)(H,18,19)(H,20,21)/b8-7+/t11-/m0/s1. The molecule has 0 saturated carbocycles. The van der Waals surface area contributed by atoms with Crippen LogP contribution < -0.4 is 10.6 Å². The number of hydrogen-bond acceptors (Lipinski definition) is 4. The number of aliphatic carboxylic acids is 1. The van der Waals surface area contributed by atoms with Crippen LogP contribution in [-0.2, 0) is 14.3 Å². The lowest BCUT2D eigenvalue weighted by Gasteiger charge is -2.13. The van der Waals surface area contributed by atoms with Gasteiger partial charge < -0.3 is 20.5 Å². The van der Waals surface area contributed by atoms with E-state index < -0.39 is 11.9 Å². The van der Waals surface area contributed by atoms with Gasteiger partial charge in [0.2, 0.25) is 5.91 Å². The minimum atomic E-state index is -1.22. The molecule has 1 fully saturated rings. The maximum Gasteiger partial charge on any atom is 0.328 e. The maximum absolute atomic E-state index is 12.2. The number of hydrogen-bond donors (Lipinski definition) is 3. The fraction of sp³-hybridized carbons (Fsp3) is 0.312. The van der Waals surface area contributed by atoms with E-state index in [0.29, 0.717) is 24.4 Å². The first-order chi connectivity index (χ1) is 11.1. The molecule has 7 nitrogen and oxygen atoms in total.